The number of carbonyl (C=O) groups excluding carboxylic acids is 4. The average molecular weight is 405 g/mol. The molecular weight excluding hydrogens is 386 g/mol. The molecule has 1 saturated heterocycles. The normalized spacial score (nSPS) is 13.7. The molecule has 1 aliphatic rings. The molecule has 0 spiro atoms. The first-order valence-corrected chi connectivity index (χ1v) is 9.54. The maximum Gasteiger partial charge on any atom is 0.356 e. The van der Waals surface area contributed by atoms with Crippen molar-refractivity contribution in [1.29, 1.82) is 0 Å². The minimum absolute atomic E-state index is 0.163. The molecule has 3 amide bonds. The van der Waals surface area contributed by atoms with Crippen LogP contribution in [0.5, 0.6) is 0 Å². The summed E-state index contributed by atoms with van der Waals surface area (Å²) in [5.41, 5.74) is 1.94. The number of hydrogen-bond donors (Lipinski definition) is 2. The fraction of sp³-hybridized carbons (Fsp3) is 0.182. The molecule has 4 rings (SSSR count). The van der Waals surface area contributed by atoms with Gasteiger partial charge in [0.25, 0.3) is 5.91 Å². The maximum atomic E-state index is 12.8. The second kappa shape index (κ2) is 7.82. The van der Waals surface area contributed by atoms with Crippen molar-refractivity contribution >= 4 is 46.0 Å². The molecule has 3 aromatic rings. The van der Waals surface area contributed by atoms with Gasteiger partial charge in [-0.25, -0.2) is 4.79 Å². The zero-order chi connectivity index (χ0) is 21.3. The average Bonchev–Trinajstić information content (AvgIpc) is 3.28. The third kappa shape index (κ3) is 3.43. The number of fused-ring (bicyclic) bond motifs is 1. The Labute approximate surface area is 171 Å². The first-order chi connectivity index (χ1) is 14.5. The van der Waals surface area contributed by atoms with Crippen LogP contribution in [0.25, 0.3) is 10.9 Å². The van der Waals surface area contributed by atoms with Gasteiger partial charge in [0.2, 0.25) is 11.8 Å². The van der Waals surface area contributed by atoms with Crippen LogP contribution in [0.3, 0.4) is 0 Å². The van der Waals surface area contributed by atoms with Crippen molar-refractivity contribution in [1.82, 2.24) is 4.98 Å². The van der Waals surface area contributed by atoms with Crippen LogP contribution in [0.4, 0.5) is 11.4 Å². The zero-order valence-corrected chi connectivity index (χ0v) is 16.2. The number of aromatic amines is 1. The van der Waals surface area contributed by atoms with E-state index in [4.69, 9.17) is 4.74 Å². The fourth-order valence-electron chi connectivity index (χ4n) is 3.44. The van der Waals surface area contributed by atoms with Gasteiger partial charge in [-0.1, -0.05) is 18.2 Å². The Morgan fingerprint density at radius 3 is 2.37 bits per heavy atom. The molecule has 1 aromatic heterocycles. The smallest absolute Gasteiger partial charge is 0.356 e. The summed E-state index contributed by atoms with van der Waals surface area (Å²) in [6, 6.07) is 13.4. The molecule has 0 unspecified atom stereocenters. The quantitative estimate of drug-likeness (QED) is 0.500. The summed E-state index contributed by atoms with van der Waals surface area (Å²) >= 11 is 0. The highest BCUT2D eigenvalue weighted by Crippen LogP contribution is 2.29. The largest absolute Gasteiger partial charge is 0.461 e. The third-order valence-electron chi connectivity index (χ3n) is 4.86. The number of carbonyl (C=O) groups is 4. The molecular formula is C22H19N3O5. The van der Waals surface area contributed by atoms with E-state index in [1.807, 2.05) is 6.07 Å². The monoisotopic (exact) mass is 405 g/mol. The first-order valence-electron chi connectivity index (χ1n) is 9.54. The van der Waals surface area contributed by atoms with Gasteiger partial charge in [-0.3, -0.25) is 19.3 Å². The Kier molecular flexibility index (Phi) is 5.05. The lowest BCUT2D eigenvalue weighted by Crippen LogP contribution is -2.28. The molecule has 8 nitrogen and oxygen atoms in total. The van der Waals surface area contributed by atoms with Gasteiger partial charge in [0.05, 0.1) is 18.0 Å². The molecule has 152 valence electrons. The Balaban J connectivity index is 1.62. The van der Waals surface area contributed by atoms with Crippen LogP contribution >= 0.6 is 0 Å². The van der Waals surface area contributed by atoms with Crippen molar-refractivity contribution in [3.05, 3.63) is 59.8 Å². The number of ether oxygens (including phenoxy) is 1. The summed E-state index contributed by atoms with van der Waals surface area (Å²) in [6.45, 7) is 1.91. The lowest BCUT2D eigenvalue weighted by molar-refractivity contribution is -0.121. The number of nitrogens with one attached hydrogen (secondary N) is 2. The van der Waals surface area contributed by atoms with Crippen molar-refractivity contribution in [3.63, 3.8) is 0 Å². The van der Waals surface area contributed by atoms with Gasteiger partial charge in [-0.2, -0.15) is 0 Å². The highest BCUT2D eigenvalue weighted by atomic mass is 16.5. The zero-order valence-electron chi connectivity index (χ0n) is 16.2. The maximum absolute atomic E-state index is 12.8. The highest BCUT2D eigenvalue weighted by molar-refractivity contribution is 6.20. The van der Waals surface area contributed by atoms with Gasteiger partial charge in [-0.15, -0.1) is 0 Å². The fourth-order valence-corrected chi connectivity index (χ4v) is 3.44. The highest BCUT2D eigenvalue weighted by Gasteiger charge is 2.30. The lowest BCUT2D eigenvalue weighted by Gasteiger charge is -2.14. The number of anilines is 2. The second-order valence-corrected chi connectivity index (χ2v) is 6.76. The molecule has 0 saturated carbocycles. The minimum atomic E-state index is -0.564. The van der Waals surface area contributed by atoms with Gasteiger partial charge >= 0.3 is 5.97 Å². The number of rotatable bonds is 5. The molecule has 0 atom stereocenters. The number of aromatic nitrogens is 1. The number of H-pyrrole nitrogens is 1. The summed E-state index contributed by atoms with van der Waals surface area (Å²) in [4.78, 5) is 53.0. The van der Waals surface area contributed by atoms with Crippen molar-refractivity contribution in [2.24, 2.45) is 0 Å². The van der Waals surface area contributed by atoms with Crippen LogP contribution in [0, 0.1) is 0 Å². The van der Waals surface area contributed by atoms with Crippen LogP contribution in [0.2, 0.25) is 0 Å². The van der Waals surface area contributed by atoms with Gasteiger partial charge < -0.3 is 15.0 Å². The number of esters is 1. The molecule has 1 fully saturated rings. The topological polar surface area (TPSA) is 109 Å². The number of amides is 3. The summed E-state index contributed by atoms with van der Waals surface area (Å²) in [6.07, 6.45) is 0.385. The van der Waals surface area contributed by atoms with Crippen LogP contribution < -0.4 is 10.2 Å². The van der Waals surface area contributed by atoms with E-state index in [9.17, 15) is 19.2 Å². The van der Waals surface area contributed by atoms with E-state index >= 15 is 0 Å². The number of hydrogen-bond acceptors (Lipinski definition) is 5. The van der Waals surface area contributed by atoms with Gasteiger partial charge in [-0.05, 0) is 37.3 Å². The number of nitrogens with zero attached hydrogens (tertiary/aromatic N) is 1. The van der Waals surface area contributed by atoms with E-state index in [0.29, 0.717) is 27.8 Å². The third-order valence-corrected chi connectivity index (χ3v) is 4.86. The standard InChI is InChI=1S/C22H19N3O5/c1-2-30-22(29)20-19(15-5-3-4-6-16(15)23-20)24-21(28)13-7-9-14(10-8-13)25-17(26)11-12-18(25)27/h3-10,23H,2,11-12H2,1H3,(H,24,28). The Morgan fingerprint density at radius 1 is 1.03 bits per heavy atom. The molecule has 0 radical (unpaired) electrons. The minimum Gasteiger partial charge on any atom is -0.461 e. The molecule has 30 heavy (non-hydrogen) atoms. The van der Waals surface area contributed by atoms with E-state index in [-0.39, 0.29) is 37.0 Å². The summed E-state index contributed by atoms with van der Waals surface area (Å²) < 4.78 is 5.09. The number of para-hydroxylation sites is 1. The number of imide groups is 1. The van der Waals surface area contributed by atoms with E-state index in [1.165, 1.54) is 12.1 Å². The van der Waals surface area contributed by atoms with Crippen molar-refractivity contribution in [3.8, 4) is 0 Å². The molecule has 0 aliphatic carbocycles. The summed E-state index contributed by atoms with van der Waals surface area (Å²) in [5.74, 6) is -1.51. The van der Waals surface area contributed by atoms with Gasteiger partial charge in [0.15, 0.2) is 0 Å². The molecule has 0 bridgehead atoms. The summed E-state index contributed by atoms with van der Waals surface area (Å²) in [7, 11) is 0. The Morgan fingerprint density at radius 2 is 1.70 bits per heavy atom. The van der Waals surface area contributed by atoms with Crippen molar-refractivity contribution in [2.75, 3.05) is 16.8 Å². The molecule has 2 heterocycles. The predicted molar refractivity (Wildman–Crippen MR) is 110 cm³/mol. The Hall–Kier alpha value is -3.94. The number of benzene rings is 2. The van der Waals surface area contributed by atoms with E-state index in [0.717, 1.165) is 4.90 Å². The molecule has 2 N–H and O–H groups in total. The molecule has 8 heteroatoms. The first kappa shape index (κ1) is 19.4. The van der Waals surface area contributed by atoms with Crippen LogP contribution in [0.15, 0.2) is 48.5 Å². The van der Waals surface area contributed by atoms with Crippen LogP contribution in [0.1, 0.15) is 40.6 Å². The SMILES string of the molecule is CCOC(=O)c1[nH]c2ccccc2c1NC(=O)c1ccc(N2C(=O)CCC2=O)cc1. The van der Waals surface area contributed by atoms with E-state index in [1.54, 1.807) is 37.3 Å². The van der Waals surface area contributed by atoms with E-state index < -0.39 is 11.9 Å². The van der Waals surface area contributed by atoms with Crippen LogP contribution in [-0.2, 0) is 14.3 Å². The predicted octanol–water partition coefficient (Wildman–Crippen LogP) is 3.25. The lowest BCUT2D eigenvalue weighted by atomic mass is 10.1. The van der Waals surface area contributed by atoms with Crippen molar-refractivity contribution < 1.29 is 23.9 Å². The van der Waals surface area contributed by atoms with Crippen molar-refractivity contribution in [2.45, 2.75) is 19.8 Å². The summed E-state index contributed by atoms with van der Waals surface area (Å²) in [5, 5.41) is 3.46. The second-order valence-electron chi connectivity index (χ2n) is 6.76. The van der Waals surface area contributed by atoms with Gasteiger partial charge in [0, 0.05) is 29.3 Å². The van der Waals surface area contributed by atoms with Crippen LogP contribution in [-0.4, -0.2) is 35.3 Å². The Bertz CT molecular complexity index is 1150. The molecule has 1 aliphatic heterocycles. The van der Waals surface area contributed by atoms with E-state index in [2.05, 4.69) is 10.3 Å². The molecule has 2 aromatic carbocycles. The van der Waals surface area contributed by atoms with Gasteiger partial charge in [0.1, 0.15) is 5.69 Å².